The van der Waals surface area contributed by atoms with E-state index in [0.717, 1.165) is 10.9 Å². The molecular formula is C23H19NO3. The van der Waals surface area contributed by atoms with Crippen LogP contribution in [0.1, 0.15) is 21.7 Å². The molecule has 0 saturated carbocycles. The lowest BCUT2D eigenvalue weighted by molar-refractivity contribution is 0.101. The number of fused-ring (bicyclic) bond motifs is 1. The number of nitrogens with one attached hydrogen (secondary N) is 1. The molecule has 0 fully saturated rings. The lowest BCUT2D eigenvalue weighted by atomic mass is 10.1. The molecule has 4 heteroatoms. The summed E-state index contributed by atoms with van der Waals surface area (Å²) in [5.74, 6) is -0.0178. The number of hydrogen-bond donors (Lipinski definition) is 2. The molecule has 0 amide bonds. The highest BCUT2D eigenvalue weighted by Crippen LogP contribution is 2.33. The number of anilines is 1. The number of hydrogen-bond acceptors (Lipinski definition) is 4. The Balaban J connectivity index is 1.69. The third-order valence-electron chi connectivity index (χ3n) is 4.42. The Morgan fingerprint density at radius 2 is 1.52 bits per heavy atom. The molecule has 1 atom stereocenters. The summed E-state index contributed by atoms with van der Waals surface area (Å²) < 4.78 is 5.84. The maximum Gasteiger partial charge on any atom is 0.230 e. The van der Waals surface area contributed by atoms with E-state index in [1.165, 1.54) is 0 Å². The van der Waals surface area contributed by atoms with Gasteiger partial charge in [0.05, 0.1) is 5.69 Å². The van der Waals surface area contributed by atoms with Crippen LogP contribution >= 0.6 is 0 Å². The van der Waals surface area contributed by atoms with E-state index in [-0.39, 0.29) is 11.5 Å². The first-order valence-corrected chi connectivity index (χ1v) is 8.82. The van der Waals surface area contributed by atoms with Crippen molar-refractivity contribution in [3.05, 3.63) is 102 Å². The standard InChI is InChI=1S/C23H19NO3/c25-20(15-16-9-3-1-4-10-16)24-21-18-13-7-8-14-19(18)27-23(21)22(26)17-11-5-2-6-12-17/h1-14,20,24-25H,15H2. The Hall–Kier alpha value is -3.37. The van der Waals surface area contributed by atoms with Crippen molar-refractivity contribution in [2.24, 2.45) is 0 Å². The minimum absolute atomic E-state index is 0.203. The van der Waals surface area contributed by atoms with Crippen LogP contribution in [0.5, 0.6) is 0 Å². The van der Waals surface area contributed by atoms with E-state index >= 15 is 0 Å². The summed E-state index contributed by atoms with van der Waals surface area (Å²) in [5, 5.41) is 14.4. The van der Waals surface area contributed by atoms with Crippen molar-refractivity contribution >= 4 is 22.4 Å². The monoisotopic (exact) mass is 357 g/mol. The van der Waals surface area contributed by atoms with E-state index in [4.69, 9.17) is 4.42 Å². The molecule has 0 aliphatic heterocycles. The molecule has 0 spiro atoms. The molecule has 0 saturated heterocycles. The minimum atomic E-state index is -0.851. The van der Waals surface area contributed by atoms with Crippen molar-refractivity contribution in [3.63, 3.8) is 0 Å². The molecule has 1 unspecified atom stereocenters. The van der Waals surface area contributed by atoms with E-state index in [2.05, 4.69) is 5.32 Å². The van der Waals surface area contributed by atoms with Crippen LogP contribution in [-0.2, 0) is 6.42 Å². The Morgan fingerprint density at radius 3 is 2.26 bits per heavy atom. The second-order valence-corrected chi connectivity index (χ2v) is 6.35. The average molecular weight is 357 g/mol. The van der Waals surface area contributed by atoms with Gasteiger partial charge in [-0.1, -0.05) is 72.8 Å². The van der Waals surface area contributed by atoms with E-state index in [0.29, 0.717) is 23.3 Å². The van der Waals surface area contributed by atoms with Gasteiger partial charge in [0.2, 0.25) is 5.78 Å². The van der Waals surface area contributed by atoms with Crippen LogP contribution in [0.4, 0.5) is 5.69 Å². The highest BCUT2D eigenvalue weighted by Gasteiger charge is 2.23. The third kappa shape index (κ3) is 3.61. The van der Waals surface area contributed by atoms with Gasteiger partial charge in [0, 0.05) is 17.4 Å². The molecule has 27 heavy (non-hydrogen) atoms. The van der Waals surface area contributed by atoms with E-state index in [1.807, 2.05) is 72.8 Å². The molecule has 1 aromatic heterocycles. The number of ketones is 1. The maximum atomic E-state index is 13.0. The number of aliphatic hydroxyl groups excluding tert-OH is 1. The molecule has 1 heterocycles. The first-order valence-electron chi connectivity index (χ1n) is 8.82. The Labute approximate surface area is 157 Å². The largest absolute Gasteiger partial charge is 0.450 e. The van der Waals surface area contributed by atoms with Crippen molar-refractivity contribution in [1.29, 1.82) is 0 Å². The fourth-order valence-corrected chi connectivity index (χ4v) is 3.12. The van der Waals surface area contributed by atoms with E-state index < -0.39 is 6.23 Å². The number of carbonyl (C=O) groups excluding carboxylic acids is 1. The average Bonchev–Trinajstić information content (AvgIpc) is 3.07. The zero-order chi connectivity index (χ0) is 18.6. The Bertz CT molecular complexity index is 1050. The summed E-state index contributed by atoms with van der Waals surface area (Å²) in [6.45, 7) is 0. The van der Waals surface area contributed by atoms with E-state index in [1.54, 1.807) is 12.1 Å². The summed E-state index contributed by atoms with van der Waals surface area (Å²) >= 11 is 0. The topological polar surface area (TPSA) is 62.5 Å². The second kappa shape index (κ2) is 7.48. The van der Waals surface area contributed by atoms with Crippen molar-refractivity contribution in [2.75, 3.05) is 5.32 Å². The molecule has 3 aromatic carbocycles. The molecule has 2 N–H and O–H groups in total. The highest BCUT2D eigenvalue weighted by atomic mass is 16.3. The zero-order valence-corrected chi connectivity index (χ0v) is 14.6. The fraction of sp³-hybridized carbons (Fsp3) is 0.0870. The van der Waals surface area contributed by atoms with Gasteiger partial charge in [-0.05, 0) is 17.7 Å². The molecule has 0 aliphatic rings. The van der Waals surface area contributed by atoms with Crippen LogP contribution in [0, 0.1) is 0 Å². The number of aliphatic hydroxyl groups is 1. The normalized spacial score (nSPS) is 12.0. The molecule has 4 rings (SSSR count). The van der Waals surface area contributed by atoms with Crippen molar-refractivity contribution in [2.45, 2.75) is 12.6 Å². The van der Waals surface area contributed by atoms with Crippen molar-refractivity contribution < 1.29 is 14.3 Å². The Kier molecular flexibility index (Phi) is 4.73. The van der Waals surface area contributed by atoms with Crippen LogP contribution in [-0.4, -0.2) is 17.1 Å². The number of benzene rings is 3. The van der Waals surface area contributed by atoms with Gasteiger partial charge < -0.3 is 14.8 Å². The molecule has 134 valence electrons. The molecule has 0 aliphatic carbocycles. The predicted molar refractivity (Wildman–Crippen MR) is 106 cm³/mol. The van der Waals surface area contributed by atoms with E-state index in [9.17, 15) is 9.90 Å². The first-order chi connectivity index (χ1) is 13.2. The smallest absolute Gasteiger partial charge is 0.230 e. The van der Waals surface area contributed by atoms with Gasteiger partial charge in [-0.25, -0.2) is 0 Å². The van der Waals surface area contributed by atoms with Crippen molar-refractivity contribution in [1.82, 2.24) is 0 Å². The zero-order valence-electron chi connectivity index (χ0n) is 14.6. The summed E-state index contributed by atoms with van der Waals surface area (Å²) in [5.41, 5.74) is 2.66. The maximum absolute atomic E-state index is 13.0. The van der Waals surface area contributed by atoms with Crippen molar-refractivity contribution in [3.8, 4) is 0 Å². The van der Waals surface area contributed by atoms with Gasteiger partial charge in [0.25, 0.3) is 0 Å². The lowest BCUT2D eigenvalue weighted by Crippen LogP contribution is -2.22. The number of furan rings is 1. The number of para-hydroxylation sites is 1. The van der Waals surface area contributed by atoms with Crippen LogP contribution in [0.25, 0.3) is 11.0 Å². The van der Waals surface area contributed by atoms with Gasteiger partial charge in [0.15, 0.2) is 5.76 Å². The van der Waals surface area contributed by atoms with Crippen LogP contribution in [0.2, 0.25) is 0 Å². The summed E-state index contributed by atoms with van der Waals surface area (Å²) in [4.78, 5) is 13.0. The van der Waals surface area contributed by atoms with Crippen LogP contribution < -0.4 is 5.32 Å². The molecule has 0 radical (unpaired) electrons. The molecule has 4 aromatic rings. The summed E-state index contributed by atoms with van der Waals surface area (Å²) in [6, 6.07) is 26.1. The fourth-order valence-electron chi connectivity index (χ4n) is 3.12. The summed E-state index contributed by atoms with van der Waals surface area (Å²) in [7, 11) is 0. The third-order valence-corrected chi connectivity index (χ3v) is 4.42. The predicted octanol–water partition coefficient (Wildman–Crippen LogP) is 4.64. The van der Waals surface area contributed by atoms with Gasteiger partial charge in [-0.2, -0.15) is 0 Å². The quantitative estimate of drug-likeness (QED) is 0.390. The Morgan fingerprint density at radius 1 is 0.889 bits per heavy atom. The van der Waals surface area contributed by atoms with Gasteiger partial charge in [0.1, 0.15) is 11.8 Å². The SMILES string of the molecule is O=C(c1ccccc1)c1oc2ccccc2c1NC(O)Cc1ccccc1. The van der Waals surface area contributed by atoms with Crippen LogP contribution in [0.15, 0.2) is 89.3 Å². The molecular weight excluding hydrogens is 338 g/mol. The second-order valence-electron chi connectivity index (χ2n) is 6.35. The van der Waals surface area contributed by atoms with Crippen LogP contribution in [0.3, 0.4) is 0 Å². The first kappa shape index (κ1) is 17.1. The number of carbonyl (C=O) groups is 1. The molecule has 4 nitrogen and oxygen atoms in total. The van der Waals surface area contributed by atoms with Gasteiger partial charge in [-0.3, -0.25) is 4.79 Å². The van der Waals surface area contributed by atoms with Gasteiger partial charge in [-0.15, -0.1) is 0 Å². The number of rotatable bonds is 6. The lowest BCUT2D eigenvalue weighted by Gasteiger charge is -2.14. The molecule has 0 bridgehead atoms. The highest BCUT2D eigenvalue weighted by molar-refractivity contribution is 6.14. The summed E-state index contributed by atoms with van der Waals surface area (Å²) in [6.07, 6.45) is -0.435. The minimum Gasteiger partial charge on any atom is -0.450 e. The van der Waals surface area contributed by atoms with Gasteiger partial charge >= 0.3 is 0 Å².